The molecule has 0 saturated carbocycles. The molecular weight excluding hydrogens is 434 g/mol. The lowest BCUT2D eigenvalue weighted by Gasteiger charge is -2.34. The van der Waals surface area contributed by atoms with Crippen molar-refractivity contribution in [2.24, 2.45) is 0 Å². The number of aromatic nitrogens is 2. The van der Waals surface area contributed by atoms with Gasteiger partial charge in [-0.05, 0) is 85.1 Å². The fourth-order valence-electron chi connectivity index (χ4n) is 4.54. The van der Waals surface area contributed by atoms with Crippen LogP contribution in [-0.4, -0.2) is 9.97 Å². The third-order valence-electron chi connectivity index (χ3n) is 6.22. The molecule has 1 aliphatic heterocycles. The monoisotopic (exact) mass is 457 g/mol. The van der Waals surface area contributed by atoms with Crippen molar-refractivity contribution in [2.75, 3.05) is 4.90 Å². The van der Waals surface area contributed by atoms with Crippen LogP contribution < -0.4 is 4.90 Å². The van der Waals surface area contributed by atoms with Crippen molar-refractivity contribution < 1.29 is 0 Å². The fraction of sp³-hybridized carbons (Fsp3) is 0.0667. The van der Waals surface area contributed by atoms with Crippen molar-refractivity contribution in [3.05, 3.63) is 115 Å². The van der Waals surface area contributed by atoms with Crippen molar-refractivity contribution in [1.29, 1.82) is 0 Å². The maximum absolute atomic E-state index is 4.69. The molecule has 3 heterocycles. The topological polar surface area (TPSA) is 29.0 Å². The first-order valence-electron chi connectivity index (χ1n) is 11.3. The second-order valence-corrected chi connectivity index (χ2v) is 9.56. The van der Waals surface area contributed by atoms with Gasteiger partial charge in [-0.15, -0.1) is 0 Å². The van der Waals surface area contributed by atoms with E-state index in [9.17, 15) is 0 Å². The summed E-state index contributed by atoms with van der Waals surface area (Å²) >= 11 is 1.84. The smallest absolute Gasteiger partial charge is 0.0886 e. The van der Waals surface area contributed by atoms with Crippen molar-refractivity contribution >= 4 is 28.8 Å². The number of hydrogen-bond acceptors (Lipinski definition) is 4. The van der Waals surface area contributed by atoms with E-state index in [0.717, 1.165) is 17.0 Å². The summed E-state index contributed by atoms with van der Waals surface area (Å²) in [5.41, 5.74) is 10.2. The van der Waals surface area contributed by atoms with Crippen LogP contribution in [0.1, 0.15) is 11.1 Å². The molecular formula is C30H23N3S. The second kappa shape index (κ2) is 8.47. The zero-order valence-electron chi connectivity index (χ0n) is 19.1. The summed E-state index contributed by atoms with van der Waals surface area (Å²) in [4.78, 5) is 14.1. The Bertz CT molecular complexity index is 1450. The van der Waals surface area contributed by atoms with E-state index in [-0.39, 0.29) is 0 Å². The summed E-state index contributed by atoms with van der Waals surface area (Å²) in [6, 6.07) is 32.0. The maximum Gasteiger partial charge on any atom is 0.0886 e. The molecule has 4 heteroatoms. The van der Waals surface area contributed by atoms with Gasteiger partial charge in [0.25, 0.3) is 0 Å². The van der Waals surface area contributed by atoms with Crippen molar-refractivity contribution in [3.63, 3.8) is 0 Å². The van der Waals surface area contributed by atoms with Crippen LogP contribution in [0.4, 0.5) is 17.1 Å². The Morgan fingerprint density at radius 1 is 0.618 bits per heavy atom. The van der Waals surface area contributed by atoms with Crippen molar-refractivity contribution in [2.45, 2.75) is 23.6 Å². The van der Waals surface area contributed by atoms with Gasteiger partial charge >= 0.3 is 0 Å². The Morgan fingerprint density at radius 3 is 1.94 bits per heavy atom. The number of aryl methyl sites for hydroxylation is 2. The summed E-state index contributed by atoms with van der Waals surface area (Å²) in [6.07, 6.45) is 3.75. The summed E-state index contributed by atoms with van der Waals surface area (Å²) in [5.74, 6) is 0. The van der Waals surface area contributed by atoms with Crippen LogP contribution in [0.25, 0.3) is 22.5 Å². The van der Waals surface area contributed by atoms with Crippen LogP contribution >= 0.6 is 11.8 Å². The molecule has 0 spiro atoms. The van der Waals surface area contributed by atoms with E-state index in [4.69, 9.17) is 4.98 Å². The number of nitrogens with zero attached hydrogens (tertiary/aromatic N) is 3. The molecule has 34 heavy (non-hydrogen) atoms. The van der Waals surface area contributed by atoms with E-state index in [2.05, 4.69) is 96.5 Å². The first-order valence-corrected chi connectivity index (χ1v) is 12.2. The molecule has 0 amide bonds. The molecule has 1 aliphatic rings. The van der Waals surface area contributed by atoms with Gasteiger partial charge in [0.2, 0.25) is 0 Å². The fourth-order valence-corrected chi connectivity index (χ4v) is 5.59. The highest BCUT2D eigenvalue weighted by Gasteiger charge is 2.25. The van der Waals surface area contributed by atoms with Gasteiger partial charge in [0.1, 0.15) is 0 Å². The SMILES string of the molecule is Cc1cc(N2c3ccccc3Sc3ccccc32)c(C)cc1-c1ccc(-c2ccccn2)nc1. The van der Waals surface area contributed by atoms with Gasteiger partial charge in [-0.1, -0.05) is 48.2 Å². The molecule has 3 nitrogen and oxygen atoms in total. The summed E-state index contributed by atoms with van der Waals surface area (Å²) in [7, 11) is 0. The molecule has 164 valence electrons. The summed E-state index contributed by atoms with van der Waals surface area (Å²) in [6.45, 7) is 4.38. The number of hydrogen-bond donors (Lipinski definition) is 0. The predicted molar refractivity (Wildman–Crippen MR) is 141 cm³/mol. The lowest BCUT2D eigenvalue weighted by molar-refractivity contribution is 1.15. The van der Waals surface area contributed by atoms with Gasteiger partial charge < -0.3 is 4.90 Å². The minimum atomic E-state index is 0.884. The Kier molecular flexibility index (Phi) is 5.16. The van der Waals surface area contributed by atoms with Gasteiger partial charge in [-0.2, -0.15) is 0 Å². The van der Waals surface area contributed by atoms with Crippen LogP contribution in [0.15, 0.2) is 113 Å². The first-order chi connectivity index (χ1) is 16.7. The summed E-state index contributed by atoms with van der Waals surface area (Å²) in [5, 5.41) is 0. The van der Waals surface area contributed by atoms with Gasteiger partial charge in [0.05, 0.1) is 22.8 Å². The Hall–Kier alpha value is -3.89. The van der Waals surface area contributed by atoms with Crippen LogP contribution in [0.2, 0.25) is 0 Å². The average molecular weight is 458 g/mol. The molecule has 0 atom stereocenters. The minimum Gasteiger partial charge on any atom is -0.308 e. The average Bonchev–Trinajstić information content (AvgIpc) is 2.89. The highest BCUT2D eigenvalue weighted by Crippen LogP contribution is 2.52. The van der Waals surface area contributed by atoms with E-state index in [0.29, 0.717) is 0 Å². The molecule has 2 aromatic heterocycles. The lowest BCUT2D eigenvalue weighted by atomic mass is 9.97. The molecule has 5 aromatic rings. The minimum absolute atomic E-state index is 0.884. The van der Waals surface area contributed by atoms with Crippen LogP contribution in [0.5, 0.6) is 0 Å². The molecule has 0 bridgehead atoms. The number of pyridine rings is 2. The number of benzene rings is 3. The highest BCUT2D eigenvalue weighted by atomic mass is 32.2. The van der Waals surface area contributed by atoms with Gasteiger partial charge in [-0.25, -0.2) is 0 Å². The van der Waals surface area contributed by atoms with E-state index in [1.807, 2.05) is 36.2 Å². The van der Waals surface area contributed by atoms with Gasteiger partial charge in [0.15, 0.2) is 0 Å². The third kappa shape index (κ3) is 3.57. The third-order valence-corrected chi connectivity index (χ3v) is 7.35. The van der Waals surface area contributed by atoms with Crippen molar-refractivity contribution in [3.8, 4) is 22.5 Å². The quantitative estimate of drug-likeness (QED) is 0.267. The summed E-state index contributed by atoms with van der Waals surface area (Å²) < 4.78 is 0. The predicted octanol–water partition coefficient (Wildman–Crippen LogP) is 8.36. The normalized spacial score (nSPS) is 12.2. The number of rotatable bonds is 3. The molecule has 0 unspecified atom stereocenters. The molecule has 0 radical (unpaired) electrons. The highest BCUT2D eigenvalue weighted by molar-refractivity contribution is 7.99. The molecule has 0 fully saturated rings. The Morgan fingerprint density at radius 2 is 1.29 bits per heavy atom. The number of anilines is 3. The van der Waals surface area contributed by atoms with E-state index < -0.39 is 0 Å². The van der Waals surface area contributed by atoms with Crippen LogP contribution in [0, 0.1) is 13.8 Å². The number of para-hydroxylation sites is 2. The molecule has 3 aromatic carbocycles. The van der Waals surface area contributed by atoms with E-state index in [1.54, 1.807) is 6.20 Å². The largest absolute Gasteiger partial charge is 0.308 e. The molecule has 0 N–H and O–H groups in total. The van der Waals surface area contributed by atoms with Crippen LogP contribution in [-0.2, 0) is 0 Å². The molecule has 0 aliphatic carbocycles. The zero-order valence-corrected chi connectivity index (χ0v) is 19.9. The first kappa shape index (κ1) is 20.7. The van der Waals surface area contributed by atoms with Crippen LogP contribution in [0.3, 0.4) is 0 Å². The van der Waals surface area contributed by atoms with Gasteiger partial charge in [0, 0.05) is 33.4 Å². The van der Waals surface area contributed by atoms with Crippen molar-refractivity contribution in [1.82, 2.24) is 9.97 Å². The van der Waals surface area contributed by atoms with E-state index in [1.165, 1.54) is 43.5 Å². The standard InChI is InChI=1S/C30H23N3S/c1-20-18-28(33-26-10-3-5-12-29(26)34-30-13-6-4-11-27(30)33)21(2)17-23(20)22-14-15-25(32-19-22)24-9-7-8-16-31-24/h3-19H,1-2H3. The number of fused-ring (bicyclic) bond motifs is 2. The maximum atomic E-state index is 4.69. The molecule has 0 saturated heterocycles. The Balaban J connectivity index is 1.43. The molecule has 6 rings (SSSR count). The van der Waals surface area contributed by atoms with E-state index >= 15 is 0 Å². The second-order valence-electron chi connectivity index (χ2n) is 8.47. The Labute approximate surface area is 204 Å². The van der Waals surface area contributed by atoms with Gasteiger partial charge in [-0.3, -0.25) is 9.97 Å². The lowest BCUT2D eigenvalue weighted by Crippen LogP contribution is -2.16. The zero-order chi connectivity index (χ0) is 23.1.